The van der Waals surface area contributed by atoms with Crippen LogP contribution in [0.5, 0.6) is 0 Å². The lowest BCUT2D eigenvalue weighted by molar-refractivity contribution is 0.0709. The summed E-state index contributed by atoms with van der Waals surface area (Å²) in [5.74, 6) is 2.70. The Morgan fingerprint density at radius 3 is 2.28 bits per heavy atom. The lowest BCUT2D eigenvalue weighted by atomic mass is 9.77. The van der Waals surface area contributed by atoms with E-state index in [0.29, 0.717) is 31.0 Å². The summed E-state index contributed by atoms with van der Waals surface area (Å²) < 4.78 is 0. The van der Waals surface area contributed by atoms with Gasteiger partial charge in [-0.15, -0.1) is 0 Å². The Balaban J connectivity index is 1.22. The van der Waals surface area contributed by atoms with Crippen LogP contribution >= 0.6 is 0 Å². The molecule has 0 aliphatic carbocycles. The molecule has 2 N–H and O–H groups in total. The van der Waals surface area contributed by atoms with Crippen LogP contribution in [0.15, 0.2) is 49.1 Å². The van der Waals surface area contributed by atoms with Gasteiger partial charge in [0.1, 0.15) is 11.6 Å². The molecule has 0 atom stereocenters. The molecular formula is C28H39N7O. The second-order valence-electron chi connectivity index (χ2n) is 11.1. The van der Waals surface area contributed by atoms with Crippen molar-refractivity contribution in [2.24, 2.45) is 11.3 Å². The molecule has 1 spiro atoms. The zero-order chi connectivity index (χ0) is 25.0. The Hall–Kier alpha value is -2.97. The minimum absolute atomic E-state index is 0.168. The second-order valence-corrected chi connectivity index (χ2v) is 11.1. The van der Waals surface area contributed by atoms with E-state index in [1.807, 2.05) is 24.5 Å². The number of carbonyl (C=O) groups is 1. The largest absolute Gasteiger partial charge is 0.348 e. The van der Waals surface area contributed by atoms with Crippen LogP contribution in [0.3, 0.4) is 0 Å². The molecule has 2 saturated heterocycles. The molecule has 4 heterocycles. The van der Waals surface area contributed by atoms with Crippen LogP contribution in [-0.4, -0.2) is 73.3 Å². The van der Waals surface area contributed by atoms with Gasteiger partial charge in [0.05, 0.1) is 13.1 Å². The molecule has 2 aliphatic rings. The van der Waals surface area contributed by atoms with Crippen molar-refractivity contribution in [3.63, 3.8) is 0 Å². The van der Waals surface area contributed by atoms with Crippen LogP contribution < -0.4 is 0 Å². The lowest BCUT2D eigenvalue weighted by Crippen LogP contribution is -2.43. The molecule has 0 radical (unpaired) electrons. The van der Waals surface area contributed by atoms with E-state index in [1.165, 1.54) is 19.4 Å². The summed E-state index contributed by atoms with van der Waals surface area (Å²) in [5.41, 5.74) is 2.22. The van der Waals surface area contributed by atoms with Gasteiger partial charge in [-0.3, -0.25) is 9.69 Å². The number of aromatic amines is 2. The number of rotatable bonds is 9. The fourth-order valence-electron chi connectivity index (χ4n) is 5.85. The fourth-order valence-corrected chi connectivity index (χ4v) is 5.85. The monoisotopic (exact) mass is 489 g/mol. The molecule has 36 heavy (non-hydrogen) atoms. The van der Waals surface area contributed by atoms with Crippen molar-refractivity contribution >= 4 is 5.91 Å². The normalized spacial score (nSPS) is 18.1. The quantitative estimate of drug-likeness (QED) is 0.476. The Bertz CT molecular complexity index is 1060. The highest BCUT2D eigenvalue weighted by molar-refractivity contribution is 5.94. The number of benzene rings is 1. The van der Waals surface area contributed by atoms with Crippen molar-refractivity contribution in [3.05, 3.63) is 71.8 Å². The van der Waals surface area contributed by atoms with Crippen LogP contribution in [-0.2, 0) is 19.6 Å². The van der Waals surface area contributed by atoms with Gasteiger partial charge in [0, 0.05) is 56.5 Å². The first-order chi connectivity index (χ1) is 17.5. The molecule has 8 heteroatoms. The summed E-state index contributed by atoms with van der Waals surface area (Å²) in [6, 6.07) is 8.14. The van der Waals surface area contributed by atoms with E-state index in [1.54, 1.807) is 12.4 Å². The number of likely N-dealkylation sites (tertiary alicyclic amines) is 2. The number of carbonyl (C=O) groups excluding carboxylic acids is 1. The SMILES string of the molecule is CC(C)CN1CCC2(CC1)CCN(C(=O)c1cccc(CN(Cc3ncc[nH]3)Cc3ncc[nH]3)c1)C2. The maximum absolute atomic E-state index is 13.5. The van der Waals surface area contributed by atoms with Gasteiger partial charge in [-0.25, -0.2) is 9.97 Å². The molecule has 2 aromatic heterocycles. The summed E-state index contributed by atoms with van der Waals surface area (Å²) >= 11 is 0. The number of imidazole rings is 2. The Morgan fingerprint density at radius 1 is 1.00 bits per heavy atom. The van der Waals surface area contributed by atoms with Crippen LogP contribution in [0.25, 0.3) is 0 Å². The molecule has 192 valence electrons. The van der Waals surface area contributed by atoms with Crippen molar-refractivity contribution in [2.75, 3.05) is 32.7 Å². The average molecular weight is 490 g/mol. The number of piperidine rings is 1. The minimum atomic E-state index is 0.168. The van der Waals surface area contributed by atoms with E-state index in [2.05, 4.69) is 60.6 Å². The molecule has 2 fully saturated rings. The Morgan fingerprint density at radius 2 is 1.67 bits per heavy atom. The van der Waals surface area contributed by atoms with E-state index in [-0.39, 0.29) is 5.91 Å². The van der Waals surface area contributed by atoms with Crippen molar-refractivity contribution in [2.45, 2.75) is 52.7 Å². The van der Waals surface area contributed by atoms with Gasteiger partial charge in [-0.05, 0) is 61.4 Å². The van der Waals surface area contributed by atoms with Gasteiger partial charge in [0.25, 0.3) is 5.91 Å². The molecule has 1 amide bonds. The van der Waals surface area contributed by atoms with Crippen molar-refractivity contribution < 1.29 is 4.79 Å². The Kier molecular flexibility index (Phi) is 7.53. The fraction of sp³-hybridized carbons (Fsp3) is 0.536. The third-order valence-corrected chi connectivity index (χ3v) is 7.70. The lowest BCUT2D eigenvalue weighted by Gasteiger charge is -2.39. The minimum Gasteiger partial charge on any atom is -0.348 e. The topological polar surface area (TPSA) is 84.2 Å². The number of hydrogen-bond donors (Lipinski definition) is 2. The number of nitrogens with zero attached hydrogens (tertiary/aromatic N) is 5. The van der Waals surface area contributed by atoms with Crippen LogP contribution in [0.1, 0.15) is 60.7 Å². The summed E-state index contributed by atoms with van der Waals surface area (Å²) in [6.07, 6.45) is 10.8. The summed E-state index contributed by atoms with van der Waals surface area (Å²) in [5, 5.41) is 0. The van der Waals surface area contributed by atoms with E-state index in [0.717, 1.165) is 55.4 Å². The smallest absolute Gasteiger partial charge is 0.253 e. The molecule has 0 bridgehead atoms. The summed E-state index contributed by atoms with van der Waals surface area (Å²) in [4.78, 5) is 35.6. The van der Waals surface area contributed by atoms with Gasteiger partial charge in [-0.1, -0.05) is 26.0 Å². The van der Waals surface area contributed by atoms with Gasteiger partial charge >= 0.3 is 0 Å². The second kappa shape index (κ2) is 11.0. The molecule has 1 aromatic carbocycles. The van der Waals surface area contributed by atoms with E-state index in [9.17, 15) is 4.79 Å². The summed E-state index contributed by atoms with van der Waals surface area (Å²) in [6.45, 7) is 11.9. The van der Waals surface area contributed by atoms with E-state index in [4.69, 9.17) is 0 Å². The Labute approximate surface area is 214 Å². The first kappa shape index (κ1) is 24.7. The predicted molar refractivity (Wildman–Crippen MR) is 140 cm³/mol. The maximum Gasteiger partial charge on any atom is 0.253 e. The predicted octanol–water partition coefficient (Wildman–Crippen LogP) is 3.92. The standard InChI is InChI=1S/C28H39N7O/c1-22(2)17-33-13-6-28(7-14-33)8-15-35(21-28)27(36)24-5-3-4-23(16-24)18-34(19-25-29-9-10-30-25)20-26-31-11-12-32-26/h3-5,9-12,16,22H,6-8,13-15,17-21H2,1-2H3,(H,29,30)(H,31,32). The number of amides is 1. The van der Waals surface area contributed by atoms with Crippen molar-refractivity contribution in [3.8, 4) is 0 Å². The van der Waals surface area contributed by atoms with Crippen LogP contribution in [0.4, 0.5) is 0 Å². The highest BCUT2D eigenvalue weighted by atomic mass is 16.2. The molecule has 0 saturated carbocycles. The number of H-pyrrole nitrogens is 2. The average Bonchev–Trinajstić information content (AvgIpc) is 3.64. The van der Waals surface area contributed by atoms with Crippen molar-refractivity contribution in [1.29, 1.82) is 0 Å². The van der Waals surface area contributed by atoms with Crippen LogP contribution in [0.2, 0.25) is 0 Å². The third kappa shape index (κ3) is 6.05. The van der Waals surface area contributed by atoms with Gasteiger partial charge < -0.3 is 19.8 Å². The third-order valence-electron chi connectivity index (χ3n) is 7.70. The molecule has 8 nitrogen and oxygen atoms in total. The molecule has 0 unspecified atom stereocenters. The summed E-state index contributed by atoms with van der Waals surface area (Å²) in [7, 11) is 0. The highest BCUT2D eigenvalue weighted by Gasteiger charge is 2.42. The number of hydrogen-bond acceptors (Lipinski definition) is 5. The molecule has 2 aliphatic heterocycles. The van der Waals surface area contributed by atoms with E-state index >= 15 is 0 Å². The molecule has 3 aromatic rings. The van der Waals surface area contributed by atoms with Crippen molar-refractivity contribution in [1.82, 2.24) is 34.6 Å². The zero-order valence-electron chi connectivity index (χ0n) is 21.6. The van der Waals surface area contributed by atoms with E-state index < -0.39 is 0 Å². The maximum atomic E-state index is 13.5. The first-order valence-electron chi connectivity index (χ1n) is 13.3. The number of nitrogens with one attached hydrogen (secondary N) is 2. The van der Waals surface area contributed by atoms with Gasteiger partial charge in [-0.2, -0.15) is 0 Å². The van der Waals surface area contributed by atoms with Crippen LogP contribution in [0, 0.1) is 11.3 Å². The first-order valence-corrected chi connectivity index (χ1v) is 13.3. The number of aromatic nitrogens is 4. The highest BCUT2D eigenvalue weighted by Crippen LogP contribution is 2.41. The molecular weight excluding hydrogens is 450 g/mol. The molecule has 5 rings (SSSR count). The van der Waals surface area contributed by atoms with Gasteiger partial charge in [0.15, 0.2) is 0 Å². The zero-order valence-corrected chi connectivity index (χ0v) is 21.6. The van der Waals surface area contributed by atoms with Gasteiger partial charge in [0.2, 0.25) is 0 Å².